The highest BCUT2D eigenvalue weighted by Gasteiger charge is 2.15. The van der Waals surface area contributed by atoms with Crippen LogP contribution in [0, 0.1) is 18.3 Å². The Hall–Kier alpha value is -4.37. The minimum Gasteiger partial charge on any atom is -0.489 e. The molecule has 1 N–H and O–H groups in total. The summed E-state index contributed by atoms with van der Waals surface area (Å²) in [5.41, 5.74) is 4.11. The van der Waals surface area contributed by atoms with E-state index in [0.29, 0.717) is 23.5 Å². The maximum atomic E-state index is 12.7. The molecule has 0 aliphatic carbocycles. The lowest BCUT2D eigenvalue weighted by Crippen LogP contribution is -2.27. The normalized spacial score (nSPS) is 11.4. The molecule has 0 bridgehead atoms. The third-order valence-corrected chi connectivity index (χ3v) is 5.07. The van der Waals surface area contributed by atoms with Crippen LogP contribution in [0.15, 0.2) is 91.1 Å². The van der Waals surface area contributed by atoms with Crippen molar-refractivity contribution in [1.29, 1.82) is 5.26 Å². The van der Waals surface area contributed by atoms with Crippen molar-refractivity contribution in [3.8, 4) is 17.5 Å². The molecule has 1 aromatic heterocycles. The summed E-state index contributed by atoms with van der Waals surface area (Å²) in [5, 5.41) is 16.6. The number of ether oxygens (including phenoxy) is 1. The molecule has 6 nitrogen and oxygen atoms in total. The average molecular weight is 422 g/mol. The maximum Gasteiger partial charge on any atom is 0.252 e. The molecule has 0 spiro atoms. The molecule has 4 rings (SSSR count). The van der Waals surface area contributed by atoms with Gasteiger partial charge < -0.3 is 10.1 Å². The third kappa shape index (κ3) is 4.85. The second-order valence-electron chi connectivity index (χ2n) is 7.31. The number of nitrogens with zero attached hydrogens (tertiary/aromatic N) is 3. The molecule has 3 aromatic carbocycles. The van der Waals surface area contributed by atoms with E-state index in [0.717, 1.165) is 16.9 Å². The average Bonchev–Trinajstić information content (AvgIpc) is 3.28. The Morgan fingerprint density at radius 1 is 1.03 bits per heavy atom. The zero-order valence-corrected chi connectivity index (χ0v) is 17.6. The number of carbonyl (C=O) groups excluding carboxylic acids is 1. The Kier molecular flexibility index (Phi) is 6.28. The van der Waals surface area contributed by atoms with E-state index in [1.807, 2.05) is 55.5 Å². The van der Waals surface area contributed by atoms with Crippen LogP contribution in [-0.4, -0.2) is 15.7 Å². The van der Waals surface area contributed by atoms with Crippen molar-refractivity contribution in [2.45, 2.75) is 19.6 Å². The lowest BCUT2D eigenvalue weighted by atomic mass is 10.1. The van der Waals surface area contributed by atoms with Gasteiger partial charge in [-0.3, -0.25) is 4.79 Å². The number of nitriles is 1. The highest BCUT2D eigenvalue weighted by Crippen LogP contribution is 2.19. The molecule has 0 aliphatic heterocycles. The molecule has 0 fully saturated rings. The van der Waals surface area contributed by atoms with Gasteiger partial charge in [0.05, 0.1) is 11.8 Å². The van der Waals surface area contributed by atoms with Crippen LogP contribution < -0.4 is 10.1 Å². The van der Waals surface area contributed by atoms with Crippen LogP contribution in [0.25, 0.3) is 5.69 Å². The first-order valence-corrected chi connectivity index (χ1v) is 10.2. The van der Waals surface area contributed by atoms with E-state index in [9.17, 15) is 10.1 Å². The van der Waals surface area contributed by atoms with Crippen molar-refractivity contribution in [1.82, 2.24) is 15.1 Å². The van der Waals surface area contributed by atoms with E-state index in [1.54, 1.807) is 47.3 Å². The number of aromatic nitrogens is 2. The van der Waals surface area contributed by atoms with E-state index in [-0.39, 0.29) is 5.91 Å². The molecule has 4 aromatic rings. The Balaban J connectivity index is 1.39. The number of amides is 1. The molecule has 1 heterocycles. The number of benzene rings is 3. The topological polar surface area (TPSA) is 79.9 Å². The smallest absolute Gasteiger partial charge is 0.252 e. The van der Waals surface area contributed by atoms with E-state index in [2.05, 4.69) is 16.5 Å². The van der Waals surface area contributed by atoms with Crippen molar-refractivity contribution < 1.29 is 9.53 Å². The Bertz CT molecular complexity index is 1220. The second kappa shape index (κ2) is 9.63. The van der Waals surface area contributed by atoms with Gasteiger partial charge in [0.25, 0.3) is 5.91 Å². The number of hydrogen-bond donors (Lipinski definition) is 1. The first kappa shape index (κ1) is 20.9. The Labute approximate surface area is 186 Å². The Morgan fingerprint density at radius 2 is 1.75 bits per heavy atom. The number of nitrogens with one attached hydrogen (secondary N) is 1. The van der Waals surface area contributed by atoms with Crippen molar-refractivity contribution >= 4 is 5.91 Å². The first-order valence-electron chi connectivity index (χ1n) is 10.2. The molecule has 0 unspecified atom stereocenters. The van der Waals surface area contributed by atoms with Crippen molar-refractivity contribution in [2.24, 2.45) is 0 Å². The van der Waals surface area contributed by atoms with Crippen LogP contribution >= 0.6 is 0 Å². The van der Waals surface area contributed by atoms with Crippen molar-refractivity contribution in [2.75, 3.05) is 0 Å². The molecule has 1 atom stereocenters. The predicted molar refractivity (Wildman–Crippen MR) is 121 cm³/mol. The molecular weight excluding hydrogens is 400 g/mol. The summed E-state index contributed by atoms with van der Waals surface area (Å²) >= 11 is 0. The van der Waals surface area contributed by atoms with E-state index >= 15 is 0 Å². The second-order valence-corrected chi connectivity index (χ2v) is 7.31. The molecule has 0 saturated heterocycles. The number of hydrogen-bond acceptors (Lipinski definition) is 4. The summed E-state index contributed by atoms with van der Waals surface area (Å²) in [7, 11) is 0. The summed E-state index contributed by atoms with van der Waals surface area (Å²) in [6, 6.07) is 27.5. The van der Waals surface area contributed by atoms with Crippen LogP contribution in [0.5, 0.6) is 5.75 Å². The van der Waals surface area contributed by atoms with Crippen molar-refractivity contribution in [3.63, 3.8) is 0 Å². The molecule has 0 aliphatic rings. The summed E-state index contributed by atoms with van der Waals surface area (Å²) in [5.74, 6) is 0.384. The first-order chi connectivity index (χ1) is 15.6. The number of aryl methyl sites for hydroxylation is 1. The molecule has 158 valence electrons. The lowest BCUT2D eigenvalue weighted by molar-refractivity contribution is 0.0945. The summed E-state index contributed by atoms with van der Waals surface area (Å²) in [4.78, 5) is 12.7. The fourth-order valence-electron chi connectivity index (χ4n) is 3.30. The minimum atomic E-state index is -0.765. The monoisotopic (exact) mass is 422 g/mol. The highest BCUT2D eigenvalue weighted by molar-refractivity contribution is 5.94. The molecule has 0 saturated carbocycles. The zero-order chi connectivity index (χ0) is 22.3. The van der Waals surface area contributed by atoms with Crippen LogP contribution in [0.1, 0.15) is 33.2 Å². The molecule has 1 amide bonds. The fourth-order valence-corrected chi connectivity index (χ4v) is 3.30. The van der Waals surface area contributed by atoms with Gasteiger partial charge in [0.1, 0.15) is 18.4 Å². The number of rotatable bonds is 7. The van der Waals surface area contributed by atoms with Gasteiger partial charge in [0, 0.05) is 17.5 Å². The molecule has 32 heavy (non-hydrogen) atoms. The van der Waals surface area contributed by atoms with Crippen LogP contribution in [-0.2, 0) is 6.61 Å². The van der Waals surface area contributed by atoms with Gasteiger partial charge in [-0.25, -0.2) is 4.68 Å². The van der Waals surface area contributed by atoms with Gasteiger partial charge in [-0.05, 0) is 60.5 Å². The maximum absolute atomic E-state index is 12.7. The Morgan fingerprint density at radius 3 is 2.38 bits per heavy atom. The third-order valence-electron chi connectivity index (χ3n) is 5.07. The molecular formula is C26H22N4O2. The van der Waals surface area contributed by atoms with Gasteiger partial charge in [-0.15, -0.1) is 0 Å². The van der Waals surface area contributed by atoms with E-state index in [4.69, 9.17) is 4.74 Å². The SMILES string of the molecule is Cc1ccnn1-c1ccc(C(=O)N[C@@H](C#N)c2ccc(OCc3ccccc3)cc2)cc1. The van der Waals surface area contributed by atoms with E-state index in [1.165, 1.54) is 0 Å². The number of carbonyl (C=O) groups is 1. The van der Waals surface area contributed by atoms with Gasteiger partial charge >= 0.3 is 0 Å². The van der Waals surface area contributed by atoms with Gasteiger partial charge in [-0.2, -0.15) is 10.4 Å². The highest BCUT2D eigenvalue weighted by atomic mass is 16.5. The van der Waals surface area contributed by atoms with Crippen molar-refractivity contribution in [3.05, 3.63) is 114 Å². The molecule has 6 heteroatoms. The molecule has 0 radical (unpaired) electrons. The van der Waals surface area contributed by atoms with Gasteiger partial charge in [-0.1, -0.05) is 42.5 Å². The van der Waals surface area contributed by atoms with Crippen LogP contribution in [0.2, 0.25) is 0 Å². The predicted octanol–water partition coefficient (Wildman–Crippen LogP) is 4.75. The summed E-state index contributed by atoms with van der Waals surface area (Å²) in [6.45, 7) is 2.43. The van der Waals surface area contributed by atoms with E-state index < -0.39 is 6.04 Å². The van der Waals surface area contributed by atoms with Gasteiger partial charge in [0.2, 0.25) is 0 Å². The lowest BCUT2D eigenvalue weighted by Gasteiger charge is -2.13. The quantitative estimate of drug-likeness (QED) is 0.466. The van der Waals surface area contributed by atoms with Crippen LogP contribution in [0.4, 0.5) is 0 Å². The van der Waals surface area contributed by atoms with Crippen LogP contribution in [0.3, 0.4) is 0 Å². The summed E-state index contributed by atoms with van der Waals surface area (Å²) in [6.07, 6.45) is 1.73. The largest absolute Gasteiger partial charge is 0.489 e. The zero-order valence-electron chi connectivity index (χ0n) is 17.6. The standard InChI is InChI=1S/C26H22N4O2/c1-19-15-16-28-30(19)23-11-7-22(8-12-23)26(31)29-25(17-27)21-9-13-24(14-10-21)32-18-20-5-3-2-4-6-20/h2-16,25H,18H2,1H3,(H,29,31)/t25-/m0/s1. The summed E-state index contributed by atoms with van der Waals surface area (Å²) < 4.78 is 7.58. The fraction of sp³-hybridized carbons (Fsp3) is 0.115. The minimum absolute atomic E-state index is 0.315. The van der Waals surface area contributed by atoms with Gasteiger partial charge in [0.15, 0.2) is 0 Å².